The third-order valence-corrected chi connectivity index (χ3v) is 2.82. The molecule has 2 aromatic carbocycles. The highest BCUT2D eigenvalue weighted by Gasteiger charge is 2.05. The van der Waals surface area contributed by atoms with Gasteiger partial charge in [0.25, 0.3) is 0 Å². The van der Waals surface area contributed by atoms with E-state index < -0.39 is 0 Å². The molecular formula is C17H17NO3. The fourth-order valence-electron chi connectivity index (χ4n) is 1.81. The van der Waals surface area contributed by atoms with Crippen LogP contribution in [0.15, 0.2) is 42.5 Å². The molecule has 0 radical (unpaired) electrons. The molecule has 0 saturated carbocycles. The van der Waals surface area contributed by atoms with Gasteiger partial charge in [0.2, 0.25) is 0 Å². The van der Waals surface area contributed by atoms with Crippen LogP contribution in [0.5, 0.6) is 17.2 Å². The number of methoxy groups -OCH3 is 1. The lowest BCUT2D eigenvalue weighted by molar-refractivity contribution is 0.304. The molecule has 108 valence electrons. The van der Waals surface area contributed by atoms with E-state index in [1.807, 2.05) is 18.2 Å². The standard InChI is InChI=1S/C17H17NO3/c1-20-16-7-8-17(14(11-16)5-3-9-18)21-12-13-4-2-6-15(19)10-13/h2,4,6-8,10-11,19H,9,12,18H2,1H3. The Morgan fingerprint density at radius 1 is 1.19 bits per heavy atom. The molecule has 0 spiro atoms. The largest absolute Gasteiger partial charge is 0.508 e. The Kier molecular flexibility index (Phi) is 5.08. The predicted octanol–water partition coefficient (Wildman–Crippen LogP) is 2.29. The van der Waals surface area contributed by atoms with Gasteiger partial charge < -0.3 is 20.3 Å². The summed E-state index contributed by atoms with van der Waals surface area (Å²) in [5.74, 6) is 7.35. The molecule has 0 atom stereocenters. The van der Waals surface area contributed by atoms with E-state index in [0.717, 1.165) is 11.1 Å². The second-order valence-electron chi connectivity index (χ2n) is 4.33. The zero-order valence-electron chi connectivity index (χ0n) is 11.8. The first-order chi connectivity index (χ1) is 10.2. The zero-order chi connectivity index (χ0) is 15.1. The van der Waals surface area contributed by atoms with Crippen LogP contribution in [0.4, 0.5) is 0 Å². The number of ether oxygens (including phenoxy) is 2. The molecule has 0 bridgehead atoms. The maximum absolute atomic E-state index is 9.44. The predicted molar refractivity (Wildman–Crippen MR) is 81.4 cm³/mol. The Hall–Kier alpha value is -2.64. The van der Waals surface area contributed by atoms with Gasteiger partial charge in [-0.15, -0.1) is 0 Å². The first-order valence-electron chi connectivity index (χ1n) is 6.50. The summed E-state index contributed by atoms with van der Waals surface area (Å²) in [6.07, 6.45) is 0. The molecule has 21 heavy (non-hydrogen) atoms. The van der Waals surface area contributed by atoms with Crippen molar-refractivity contribution in [2.45, 2.75) is 6.61 Å². The Morgan fingerprint density at radius 3 is 2.76 bits per heavy atom. The third-order valence-electron chi connectivity index (χ3n) is 2.82. The van der Waals surface area contributed by atoms with Crippen LogP contribution in [-0.4, -0.2) is 18.8 Å². The van der Waals surface area contributed by atoms with Gasteiger partial charge >= 0.3 is 0 Å². The van der Waals surface area contributed by atoms with Crippen LogP contribution in [0, 0.1) is 11.8 Å². The van der Waals surface area contributed by atoms with Gasteiger partial charge in [0.05, 0.1) is 19.2 Å². The summed E-state index contributed by atoms with van der Waals surface area (Å²) in [4.78, 5) is 0. The van der Waals surface area contributed by atoms with E-state index in [2.05, 4.69) is 11.8 Å². The van der Waals surface area contributed by atoms with Crippen molar-refractivity contribution in [3.05, 3.63) is 53.6 Å². The van der Waals surface area contributed by atoms with Crippen molar-refractivity contribution in [3.63, 3.8) is 0 Å². The number of nitrogens with two attached hydrogens (primary N) is 1. The lowest BCUT2D eigenvalue weighted by Gasteiger charge is -2.10. The van der Waals surface area contributed by atoms with Crippen molar-refractivity contribution in [3.8, 4) is 29.1 Å². The minimum absolute atomic E-state index is 0.217. The lowest BCUT2D eigenvalue weighted by atomic mass is 10.2. The molecule has 3 N–H and O–H groups in total. The lowest BCUT2D eigenvalue weighted by Crippen LogP contribution is -1.98. The van der Waals surface area contributed by atoms with Gasteiger partial charge in [-0.25, -0.2) is 0 Å². The van der Waals surface area contributed by atoms with Crippen LogP contribution in [-0.2, 0) is 6.61 Å². The van der Waals surface area contributed by atoms with E-state index >= 15 is 0 Å². The fraction of sp³-hybridized carbons (Fsp3) is 0.176. The monoisotopic (exact) mass is 283 g/mol. The summed E-state index contributed by atoms with van der Waals surface area (Å²) < 4.78 is 10.9. The van der Waals surface area contributed by atoms with Crippen LogP contribution < -0.4 is 15.2 Å². The van der Waals surface area contributed by atoms with Crippen LogP contribution in [0.2, 0.25) is 0 Å². The Bertz CT molecular complexity index is 671. The Labute approximate surface area is 124 Å². The highest BCUT2D eigenvalue weighted by molar-refractivity contribution is 5.50. The van der Waals surface area contributed by atoms with Gasteiger partial charge in [0.15, 0.2) is 0 Å². The van der Waals surface area contributed by atoms with Crippen molar-refractivity contribution in [1.29, 1.82) is 0 Å². The quantitative estimate of drug-likeness (QED) is 0.845. The van der Waals surface area contributed by atoms with Gasteiger partial charge in [-0.2, -0.15) is 0 Å². The van der Waals surface area contributed by atoms with Crippen molar-refractivity contribution in [1.82, 2.24) is 0 Å². The molecular weight excluding hydrogens is 266 g/mol. The van der Waals surface area contributed by atoms with E-state index in [1.54, 1.807) is 31.4 Å². The molecule has 4 nitrogen and oxygen atoms in total. The van der Waals surface area contributed by atoms with Gasteiger partial charge in [-0.3, -0.25) is 0 Å². The van der Waals surface area contributed by atoms with E-state index in [-0.39, 0.29) is 12.3 Å². The number of rotatable bonds is 4. The third kappa shape index (κ3) is 4.16. The highest BCUT2D eigenvalue weighted by Crippen LogP contribution is 2.24. The van der Waals surface area contributed by atoms with Gasteiger partial charge in [-0.1, -0.05) is 24.0 Å². The Morgan fingerprint density at radius 2 is 2.05 bits per heavy atom. The van der Waals surface area contributed by atoms with Crippen LogP contribution in [0.1, 0.15) is 11.1 Å². The molecule has 0 aliphatic rings. The molecule has 0 amide bonds. The number of aromatic hydroxyl groups is 1. The molecule has 0 unspecified atom stereocenters. The second-order valence-corrected chi connectivity index (χ2v) is 4.33. The van der Waals surface area contributed by atoms with Crippen molar-refractivity contribution < 1.29 is 14.6 Å². The van der Waals surface area contributed by atoms with E-state index in [9.17, 15) is 5.11 Å². The maximum Gasteiger partial charge on any atom is 0.135 e. The Balaban J connectivity index is 2.18. The number of benzene rings is 2. The summed E-state index contributed by atoms with van der Waals surface area (Å²) >= 11 is 0. The minimum Gasteiger partial charge on any atom is -0.508 e. The molecule has 0 aliphatic heterocycles. The van der Waals surface area contributed by atoms with E-state index in [0.29, 0.717) is 18.1 Å². The topological polar surface area (TPSA) is 64.7 Å². The van der Waals surface area contributed by atoms with Crippen molar-refractivity contribution in [2.75, 3.05) is 13.7 Å². The molecule has 0 fully saturated rings. The number of phenolic OH excluding ortho intramolecular Hbond substituents is 1. The zero-order valence-corrected chi connectivity index (χ0v) is 11.8. The van der Waals surface area contributed by atoms with E-state index in [1.165, 1.54) is 0 Å². The molecule has 2 aromatic rings. The molecule has 0 aliphatic carbocycles. The van der Waals surface area contributed by atoms with Gasteiger partial charge in [0, 0.05) is 0 Å². The average molecular weight is 283 g/mol. The van der Waals surface area contributed by atoms with Crippen LogP contribution in [0.25, 0.3) is 0 Å². The summed E-state index contributed by atoms with van der Waals surface area (Å²) in [5.41, 5.74) is 7.01. The summed E-state index contributed by atoms with van der Waals surface area (Å²) in [6, 6.07) is 12.4. The van der Waals surface area contributed by atoms with Crippen LogP contribution >= 0.6 is 0 Å². The molecule has 4 heteroatoms. The normalized spacial score (nSPS) is 9.62. The first kappa shape index (κ1) is 14.8. The molecule has 0 heterocycles. The second kappa shape index (κ2) is 7.22. The molecule has 0 aromatic heterocycles. The molecule has 2 rings (SSSR count). The van der Waals surface area contributed by atoms with Crippen molar-refractivity contribution in [2.24, 2.45) is 5.73 Å². The van der Waals surface area contributed by atoms with Gasteiger partial charge in [-0.05, 0) is 35.9 Å². The number of hydrogen-bond acceptors (Lipinski definition) is 4. The maximum atomic E-state index is 9.44. The average Bonchev–Trinajstić information content (AvgIpc) is 2.51. The summed E-state index contributed by atoms with van der Waals surface area (Å²) in [7, 11) is 1.60. The van der Waals surface area contributed by atoms with Crippen LogP contribution in [0.3, 0.4) is 0 Å². The smallest absolute Gasteiger partial charge is 0.135 e. The SMILES string of the molecule is COc1ccc(OCc2cccc(O)c2)c(C#CCN)c1. The first-order valence-corrected chi connectivity index (χ1v) is 6.50. The fourth-order valence-corrected chi connectivity index (χ4v) is 1.81. The summed E-state index contributed by atoms with van der Waals surface area (Å²) in [6.45, 7) is 0.626. The van der Waals surface area contributed by atoms with Crippen molar-refractivity contribution >= 4 is 0 Å². The summed E-state index contributed by atoms with van der Waals surface area (Å²) in [5, 5.41) is 9.44. The van der Waals surface area contributed by atoms with Gasteiger partial charge in [0.1, 0.15) is 23.9 Å². The minimum atomic E-state index is 0.217. The number of hydrogen-bond donors (Lipinski definition) is 2. The number of phenols is 1. The molecule has 0 saturated heterocycles. The highest BCUT2D eigenvalue weighted by atomic mass is 16.5. The van der Waals surface area contributed by atoms with E-state index in [4.69, 9.17) is 15.2 Å².